The molecule has 4 heteroatoms. The fourth-order valence-electron chi connectivity index (χ4n) is 1.60. The first kappa shape index (κ1) is 17.1. The molecule has 0 aliphatic heterocycles. The lowest BCUT2D eigenvalue weighted by Crippen LogP contribution is -1.88. The molecule has 0 atom stereocenters. The van der Waals surface area contributed by atoms with Crippen molar-refractivity contribution in [2.24, 2.45) is 0 Å². The van der Waals surface area contributed by atoms with Gasteiger partial charge in [0.15, 0.2) is 0 Å². The average molecular weight is 402 g/mol. The van der Waals surface area contributed by atoms with Crippen LogP contribution in [-0.4, -0.2) is 14.2 Å². The van der Waals surface area contributed by atoms with Crippen molar-refractivity contribution in [3.05, 3.63) is 56.5 Å². The molecular formula is C16H18Br2O2. The molecule has 0 heterocycles. The summed E-state index contributed by atoms with van der Waals surface area (Å²) in [6.07, 6.45) is 0. The highest BCUT2D eigenvalue weighted by Gasteiger charge is 2.04. The lowest BCUT2D eigenvalue weighted by atomic mass is 10.2. The van der Waals surface area contributed by atoms with E-state index in [9.17, 15) is 0 Å². The Bertz CT molecular complexity index is 546. The molecule has 0 bridgehead atoms. The third-order valence-electron chi connectivity index (χ3n) is 2.68. The van der Waals surface area contributed by atoms with E-state index in [-0.39, 0.29) is 0 Å². The van der Waals surface area contributed by atoms with Gasteiger partial charge in [0.05, 0.1) is 14.2 Å². The summed E-state index contributed by atoms with van der Waals surface area (Å²) < 4.78 is 12.2. The van der Waals surface area contributed by atoms with Gasteiger partial charge in [-0.25, -0.2) is 0 Å². The molecule has 2 aromatic rings. The molecule has 0 unspecified atom stereocenters. The summed E-state index contributed by atoms with van der Waals surface area (Å²) in [5.74, 6) is 1.56. The highest BCUT2D eigenvalue weighted by molar-refractivity contribution is 9.11. The number of aryl methyl sites for hydroxylation is 2. The van der Waals surface area contributed by atoms with Gasteiger partial charge in [-0.2, -0.15) is 0 Å². The summed E-state index contributed by atoms with van der Waals surface area (Å²) in [5.41, 5.74) is 2.62. The van der Waals surface area contributed by atoms with Gasteiger partial charge in [0.25, 0.3) is 0 Å². The third kappa shape index (κ3) is 4.84. The molecule has 0 fully saturated rings. The Kier molecular flexibility index (Phi) is 7.10. The van der Waals surface area contributed by atoms with Crippen LogP contribution in [0.1, 0.15) is 11.1 Å². The number of hydrogen-bond donors (Lipinski definition) is 0. The Hall–Kier alpha value is -1.00. The van der Waals surface area contributed by atoms with E-state index in [1.54, 1.807) is 14.2 Å². The van der Waals surface area contributed by atoms with Crippen molar-refractivity contribution in [1.82, 2.24) is 0 Å². The van der Waals surface area contributed by atoms with Crippen LogP contribution in [-0.2, 0) is 0 Å². The monoisotopic (exact) mass is 400 g/mol. The molecule has 2 rings (SSSR count). The number of rotatable bonds is 2. The molecule has 0 amide bonds. The van der Waals surface area contributed by atoms with E-state index in [0.717, 1.165) is 16.0 Å². The van der Waals surface area contributed by atoms with Crippen LogP contribution in [0.25, 0.3) is 0 Å². The fourth-order valence-corrected chi connectivity index (χ4v) is 2.44. The van der Waals surface area contributed by atoms with E-state index in [0.29, 0.717) is 0 Å². The zero-order chi connectivity index (χ0) is 15.1. The lowest BCUT2D eigenvalue weighted by molar-refractivity contribution is 0.389. The van der Waals surface area contributed by atoms with Crippen molar-refractivity contribution in [1.29, 1.82) is 0 Å². The Morgan fingerprint density at radius 3 is 1.80 bits per heavy atom. The van der Waals surface area contributed by atoms with Gasteiger partial charge in [-0.3, -0.25) is 0 Å². The van der Waals surface area contributed by atoms with Crippen molar-refractivity contribution in [3.8, 4) is 11.5 Å². The summed E-state index contributed by atoms with van der Waals surface area (Å²) in [6, 6.07) is 11.9. The summed E-state index contributed by atoms with van der Waals surface area (Å²) in [5, 5.41) is 0. The van der Waals surface area contributed by atoms with Gasteiger partial charge in [0.2, 0.25) is 0 Å². The quantitative estimate of drug-likeness (QED) is 0.658. The molecule has 0 aliphatic rings. The second-order valence-corrected chi connectivity index (χ2v) is 5.88. The largest absolute Gasteiger partial charge is 0.495 e. The minimum atomic E-state index is 0.782. The Labute approximate surface area is 137 Å². The van der Waals surface area contributed by atoms with Crippen molar-refractivity contribution in [3.63, 3.8) is 0 Å². The van der Waals surface area contributed by atoms with E-state index >= 15 is 0 Å². The van der Waals surface area contributed by atoms with E-state index in [4.69, 9.17) is 9.47 Å². The van der Waals surface area contributed by atoms with Crippen LogP contribution in [0.5, 0.6) is 11.5 Å². The number of halogens is 2. The Morgan fingerprint density at radius 2 is 1.40 bits per heavy atom. The van der Waals surface area contributed by atoms with E-state index in [1.807, 2.05) is 18.2 Å². The van der Waals surface area contributed by atoms with Crippen molar-refractivity contribution in [2.45, 2.75) is 13.8 Å². The van der Waals surface area contributed by atoms with Crippen LogP contribution in [0.4, 0.5) is 0 Å². The second-order valence-electron chi connectivity index (χ2n) is 4.23. The molecule has 20 heavy (non-hydrogen) atoms. The average Bonchev–Trinajstić information content (AvgIpc) is 2.44. The van der Waals surface area contributed by atoms with Crippen LogP contribution in [0, 0.1) is 13.8 Å². The number of hydrogen-bond acceptors (Lipinski definition) is 2. The maximum absolute atomic E-state index is 5.06. The maximum atomic E-state index is 5.06. The molecule has 0 N–H and O–H groups in total. The van der Waals surface area contributed by atoms with Gasteiger partial charge in [0.1, 0.15) is 16.0 Å². The number of ether oxygens (including phenoxy) is 2. The summed E-state index contributed by atoms with van der Waals surface area (Å²) in [6.45, 7) is 4.19. The van der Waals surface area contributed by atoms with Crippen molar-refractivity contribution < 1.29 is 9.47 Å². The van der Waals surface area contributed by atoms with Crippen molar-refractivity contribution >= 4 is 31.9 Å². The van der Waals surface area contributed by atoms with Crippen molar-refractivity contribution in [2.75, 3.05) is 14.2 Å². The van der Waals surface area contributed by atoms with Gasteiger partial charge in [0, 0.05) is 4.47 Å². The van der Waals surface area contributed by atoms with E-state index in [1.165, 1.54) is 15.6 Å². The standard InChI is InChI=1S/C8H9BrO2.C8H9Br/c1-10-6-4-3-5-7(11-2)8(6)9;1-6-3-4-8(9)7(2)5-6/h3-5H,1-2H3;3-5H,1-2H3. The number of methoxy groups -OCH3 is 2. The first-order chi connectivity index (χ1) is 9.49. The topological polar surface area (TPSA) is 18.5 Å². The van der Waals surface area contributed by atoms with Gasteiger partial charge in [-0.05, 0) is 53.5 Å². The predicted molar refractivity (Wildman–Crippen MR) is 90.9 cm³/mol. The fraction of sp³-hybridized carbons (Fsp3) is 0.250. The Balaban J connectivity index is 0.000000204. The highest BCUT2D eigenvalue weighted by Crippen LogP contribution is 2.33. The van der Waals surface area contributed by atoms with Crippen LogP contribution in [0.15, 0.2) is 45.3 Å². The first-order valence-electron chi connectivity index (χ1n) is 6.08. The van der Waals surface area contributed by atoms with Crippen LogP contribution < -0.4 is 9.47 Å². The SMILES string of the molecule is COc1cccc(OC)c1Br.Cc1ccc(Br)c(C)c1. The van der Waals surface area contributed by atoms with Gasteiger partial charge in [-0.1, -0.05) is 39.7 Å². The lowest BCUT2D eigenvalue weighted by Gasteiger charge is -2.06. The molecule has 108 valence electrons. The zero-order valence-corrected chi connectivity index (χ0v) is 15.2. The molecule has 0 saturated heterocycles. The molecule has 0 aliphatic carbocycles. The second kappa shape index (κ2) is 8.32. The zero-order valence-electron chi connectivity index (χ0n) is 12.0. The Morgan fingerprint density at radius 1 is 0.850 bits per heavy atom. The third-order valence-corrected chi connectivity index (χ3v) is 4.35. The summed E-state index contributed by atoms with van der Waals surface area (Å²) in [4.78, 5) is 0. The van der Waals surface area contributed by atoms with E-state index < -0.39 is 0 Å². The summed E-state index contributed by atoms with van der Waals surface area (Å²) >= 11 is 6.78. The first-order valence-corrected chi connectivity index (χ1v) is 7.67. The molecule has 0 aromatic heterocycles. The molecule has 2 nitrogen and oxygen atoms in total. The molecule has 0 saturated carbocycles. The minimum Gasteiger partial charge on any atom is -0.495 e. The van der Waals surface area contributed by atoms with Gasteiger partial charge in [-0.15, -0.1) is 0 Å². The molecule has 0 radical (unpaired) electrons. The van der Waals surface area contributed by atoms with Crippen LogP contribution in [0.2, 0.25) is 0 Å². The highest BCUT2D eigenvalue weighted by atomic mass is 79.9. The van der Waals surface area contributed by atoms with E-state index in [2.05, 4.69) is 63.9 Å². The predicted octanol–water partition coefficient (Wildman–Crippen LogP) is 5.53. The molecule has 0 spiro atoms. The van der Waals surface area contributed by atoms with Crippen LogP contribution >= 0.6 is 31.9 Å². The van der Waals surface area contributed by atoms with Gasteiger partial charge >= 0.3 is 0 Å². The maximum Gasteiger partial charge on any atom is 0.136 e. The number of benzene rings is 2. The normalized spacial score (nSPS) is 9.50. The van der Waals surface area contributed by atoms with Gasteiger partial charge < -0.3 is 9.47 Å². The minimum absolute atomic E-state index is 0.782. The summed E-state index contributed by atoms with van der Waals surface area (Å²) in [7, 11) is 3.25. The molecule has 2 aromatic carbocycles. The molecular weight excluding hydrogens is 384 g/mol. The van der Waals surface area contributed by atoms with Crippen LogP contribution in [0.3, 0.4) is 0 Å². The smallest absolute Gasteiger partial charge is 0.136 e.